The lowest BCUT2D eigenvalue weighted by Crippen LogP contribution is -2.46. The van der Waals surface area contributed by atoms with Gasteiger partial charge in [0.1, 0.15) is 0 Å². The van der Waals surface area contributed by atoms with E-state index in [1.807, 2.05) is 36.4 Å². The number of imidazole rings is 1. The molecule has 6 nitrogen and oxygen atoms in total. The molecule has 1 fully saturated rings. The van der Waals surface area contributed by atoms with Crippen molar-refractivity contribution in [1.29, 1.82) is 0 Å². The first-order valence-electron chi connectivity index (χ1n) is 13.6. The predicted molar refractivity (Wildman–Crippen MR) is 148 cm³/mol. The second-order valence-electron chi connectivity index (χ2n) is 10.4. The summed E-state index contributed by atoms with van der Waals surface area (Å²) in [5.74, 6) is -0.918. The maximum absolute atomic E-state index is 14.0. The van der Waals surface area contributed by atoms with Crippen molar-refractivity contribution in [3.8, 4) is 0 Å². The van der Waals surface area contributed by atoms with Crippen LogP contribution < -0.4 is 0 Å². The Bertz CT molecular complexity index is 1370. The van der Waals surface area contributed by atoms with Crippen LogP contribution in [-0.2, 0) is 19.3 Å². The van der Waals surface area contributed by atoms with Crippen LogP contribution in [-0.4, -0.2) is 49.7 Å². The van der Waals surface area contributed by atoms with Crippen LogP contribution in [0.25, 0.3) is 11.0 Å². The van der Waals surface area contributed by atoms with Gasteiger partial charge in [-0.25, -0.2) is 9.78 Å². The van der Waals surface area contributed by atoms with E-state index in [0.717, 1.165) is 26.1 Å². The van der Waals surface area contributed by atoms with Crippen molar-refractivity contribution in [3.63, 3.8) is 0 Å². The molecular formula is C31H33F3N4O2. The first kappa shape index (κ1) is 27.7. The maximum Gasteiger partial charge on any atom is 0.449 e. The fraction of sp³-hybridized carbons (Fsp3) is 0.355. The summed E-state index contributed by atoms with van der Waals surface area (Å²) in [5, 5.41) is 9.90. The Labute approximate surface area is 231 Å². The molecule has 3 aromatic carbocycles. The molecule has 2 atom stereocenters. The number of piperidine rings is 1. The van der Waals surface area contributed by atoms with Gasteiger partial charge >= 0.3 is 12.3 Å². The highest BCUT2D eigenvalue weighted by molar-refractivity contribution is 5.76. The van der Waals surface area contributed by atoms with E-state index in [9.17, 15) is 23.1 Å². The maximum atomic E-state index is 14.0. The van der Waals surface area contributed by atoms with Crippen LogP contribution in [0.15, 0.2) is 84.9 Å². The van der Waals surface area contributed by atoms with E-state index in [1.165, 1.54) is 20.6 Å². The molecule has 0 spiro atoms. The van der Waals surface area contributed by atoms with Crippen LogP contribution in [0.5, 0.6) is 0 Å². The van der Waals surface area contributed by atoms with E-state index in [2.05, 4.69) is 34.1 Å². The van der Waals surface area contributed by atoms with Gasteiger partial charge in [-0.05, 0) is 55.5 Å². The zero-order chi connectivity index (χ0) is 28.1. The van der Waals surface area contributed by atoms with Crippen molar-refractivity contribution in [3.05, 3.63) is 102 Å². The fourth-order valence-electron chi connectivity index (χ4n) is 5.85. The zero-order valence-electron chi connectivity index (χ0n) is 22.2. The average molecular weight is 551 g/mol. The Balaban J connectivity index is 1.32. The van der Waals surface area contributed by atoms with Crippen molar-refractivity contribution in [2.45, 2.75) is 57.0 Å². The number of nitrogens with zero attached hydrogens (tertiary/aromatic N) is 4. The van der Waals surface area contributed by atoms with E-state index < -0.39 is 24.1 Å². The lowest BCUT2D eigenvalue weighted by Gasteiger charge is -2.39. The van der Waals surface area contributed by atoms with Crippen molar-refractivity contribution in [2.75, 3.05) is 13.1 Å². The number of para-hydroxylation sites is 2. The van der Waals surface area contributed by atoms with Crippen LogP contribution >= 0.6 is 0 Å². The van der Waals surface area contributed by atoms with Gasteiger partial charge in [-0.3, -0.25) is 4.90 Å². The third kappa shape index (κ3) is 6.47. The normalized spacial score (nSPS) is 17.9. The number of aromatic nitrogens is 2. The van der Waals surface area contributed by atoms with Gasteiger partial charge in [0.2, 0.25) is 5.82 Å². The SMILES string of the molecule is O=C(O)N1CC[C@H](n2c(C(F)(F)F)nc3ccccc32)C[C@@H]1CCCN(Cc1ccccc1)Cc1ccccc1. The van der Waals surface area contributed by atoms with Gasteiger partial charge in [0, 0.05) is 31.7 Å². The molecular weight excluding hydrogens is 517 g/mol. The Morgan fingerprint density at radius 3 is 2.12 bits per heavy atom. The number of rotatable bonds is 9. The van der Waals surface area contributed by atoms with E-state index in [0.29, 0.717) is 30.3 Å². The summed E-state index contributed by atoms with van der Waals surface area (Å²) < 4.78 is 43.3. The van der Waals surface area contributed by atoms with Gasteiger partial charge in [0.05, 0.1) is 11.0 Å². The Morgan fingerprint density at radius 1 is 0.925 bits per heavy atom. The topological polar surface area (TPSA) is 61.6 Å². The smallest absolute Gasteiger partial charge is 0.449 e. The summed E-state index contributed by atoms with van der Waals surface area (Å²) in [6.07, 6.45) is -3.73. The van der Waals surface area contributed by atoms with Gasteiger partial charge in [-0.2, -0.15) is 13.2 Å². The molecule has 1 N–H and O–H groups in total. The van der Waals surface area contributed by atoms with Crippen LogP contribution in [0.3, 0.4) is 0 Å². The largest absolute Gasteiger partial charge is 0.465 e. The molecule has 1 aliphatic heterocycles. The van der Waals surface area contributed by atoms with Gasteiger partial charge in [0.15, 0.2) is 0 Å². The van der Waals surface area contributed by atoms with E-state index in [-0.39, 0.29) is 12.6 Å². The summed E-state index contributed by atoms with van der Waals surface area (Å²) in [6, 6.07) is 26.1. The molecule has 1 saturated heterocycles. The monoisotopic (exact) mass is 550 g/mol. The number of halogens is 3. The summed E-state index contributed by atoms with van der Waals surface area (Å²) in [4.78, 5) is 19.7. The van der Waals surface area contributed by atoms with Gasteiger partial charge < -0.3 is 14.6 Å². The highest BCUT2D eigenvalue weighted by Gasteiger charge is 2.41. The molecule has 5 rings (SSSR count). The summed E-state index contributed by atoms with van der Waals surface area (Å²) in [5.41, 5.74) is 3.11. The van der Waals surface area contributed by atoms with Crippen LogP contribution in [0.4, 0.5) is 18.0 Å². The van der Waals surface area contributed by atoms with E-state index in [4.69, 9.17) is 0 Å². The predicted octanol–water partition coefficient (Wildman–Crippen LogP) is 7.22. The fourth-order valence-corrected chi connectivity index (χ4v) is 5.85. The van der Waals surface area contributed by atoms with E-state index in [1.54, 1.807) is 24.3 Å². The Morgan fingerprint density at radius 2 is 1.52 bits per heavy atom. The molecule has 0 unspecified atom stereocenters. The molecule has 0 radical (unpaired) electrons. The molecule has 210 valence electrons. The highest BCUT2D eigenvalue weighted by atomic mass is 19.4. The molecule has 1 amide bonds. The Hall–Kier alpha value is -3.85. The van der Waals surface area contributed by atoms with Crippen LogP contribution in [0, 0.1) is 0 Å². The third-order valence-electron chi connectivity index (χ3n) is 7.66. The number of hydrogen-bond donors (Lipinski definition) is 1. The zero-order valence-corrected chi connectivity index (χ0v) is 22.2. The van der Waals surface area contributed by atoms with Crippen molar-refractivity contribution >= 4 is 17.1 Å². The van der Waals surface area contributed by atoms with Crippen molar-refractivity contribution in [1.82, 2.24) is 19.4 Å². The third-order valence-corrected chi connectivity index (χ3v) is 7.66. The lowest BCUT2D eigenvalue weighted by molar-refractivity contribution is -0.148. The van der Waals surface area contributed by atoms with Crippen molar-refractivity contribution < 1.29 is 23.1 Å². The number of carbonyl (C=O) groups is 1. The molecule has 0 bridgehead atoms. The number of fused-ring (bicyclic) bond motifs is 1. The minimum Gasteiger partial charge on any atom is -0.465 e. The molecule has 9 heteroatoms. The number of alkyl halides is 3. The molecule has 0 aliphatic carbocycles. The second kappa shape index (κ2) is 12.1. The van der Waals surface area contributed by atoms with Crippen molar-refractivity contribution in [2.24, 2.45) is 0 Å². The van der Waals surface area contributed by atoms with E-state index >= 15 is 0 Å². The molecule has 1 aliphatic rings. The molecule has 1 aromatic heterocycles. The standard InChI is InChI=1S/C31H33F3N4O2/c32-31(33,34)29-35-27-15-7-8-16-28(27)38(29)26-17-19-37(30(39)40)25(20-26)14-9-18-36(21-23-10-3-1-4-11-23)22-24-12-5-2-6-13-24/h1-8,10-13,15-16,25-26H,9,14,17-22H2,(H,39,40)/t25-,26-/m0/s1. The first-order chi connectivity index (χ1) is 19.3. The second-order valence-corrected chi connectivity index (χ2v) is 10.4. The highest BCUT2D eigenvalue weighted by Crippen LogP contribution is 2.38. The minimum atomic E-state index is -4.60. The first-order valence-corrected chi connectivity index (χ1v) is 13.6. The summed E-state index contributed by atoms with van der Waals surface area (Å²) >= 11 is 0. The average Bonchev–Trinajstić information content (AvgIpc) is 3.34. The molecule has 0 saturated carbocycles. The lowest BCUT2D eigenvalue weighted by atomic mass is 9.93. The quantitative estimate of drug-likeness (QED) is 0.239. The molecule has 2 heterocycles. The van der Waals surface area contributed by atoms with Gasteiger partial charge in [0.25, 0.3) is 0 Å². The van der Waals surface area contributed by atoms with Gasteiger partial charge in [-0.1, -0.05) is 72.8 Å². The number of likely N-dealkylation sites (tertiary alicyclic amines) is 1. The number of amides is 1. The molecule has 4 aromatic rings. The summed E-state index contributed by atoms with van der Waals surface area (Å²) in [7, 11) is 0. The number of benzene rings is 3. The Kier molecular flexibility index (Phi) is 8.40. The number of carboxylic acid groups (broad SMARTS) is 1. The van der Waals surface area contributed by atoms with Crippen LogP contribution in [0.2, 0.25) is 0 Å². The molecule has 40 heavy (non-hydrogen) atoms. The summed E-state index contributed by atoms with van der Waals surface area (Å²) in [6.45, 7) is 2.43. The minimum absolute atomic E-state index is 0.187. The van der Waals surface area contributed by atoms with Crippen LogP contribution in [0.1, 0.15) is 48.7 Å². The van der Waals surface area contributed by atoms with Gasteiger partial charge in [-0.15, -0.1) is 0 Å². The number of hydrogen-bond acceptors (Lipinski definition) is 3.